The number of para-hydroxylation sites is 1. The predicted octanol–water partition coefficient (Wildman–Crippen LogP) is 1.79. The van der Waals surface area contributed by atoms with E-state index in [4.69, 9.17) is 10.2 Å². The SMILES string of the molecule is CC(C)c1ccccc1N(CC(=O)O)CC(=O)O. The van der Waals surface area contributed by atoms with E-state index in [9.17, 15) is 9.59 Å². The Labute approximate surface area is 106 Å². The second-order valence-electron chi connectivity index (χ2n) is 4.36. The summed E-state index contributed by atoms with van der Waals surface area (Å²) < 4.78 is 0. The first-order valence-corrected chi connectivity index (χ1v) is 5.69. The summed E-state index contributed by atoms with van der Waals surface area (Å²) in [6.07, 6.45) is 0. The minimum atomic E-state index is -1.05. The summed E-state index contributed by atoms with van der Waals surface area (Å²) in [6.45, 7) is 3.32. The quantitative estimate of drug-likeness (QED) is 0.805. The number of benzene rings is 1. The van der Waals surface area contributed by atoms with Crippen molar-refractivity contribution in [1.82, 2.24) is 0 Å². The molecule has 1 rings (SSSR count). The minimum absolute atomic E-state index is 0.200. The van der Waals surface area contributed by atoms with Crippen LogP contribution in [0.2, 0.25) is 0 Å². The molecule has 0 bridgehead atoms. The normalized spacial score (nSPS) is 10.4. The Bertz CT molecular complexity index is 426. The fourth-order valence-electron chi connectivity index (χ4n) is 1.82. The summed E-state index contributed by atoms with van der Waals surface area (Å²) in [6, 6.07) is 7.27. The monoisotopic (exact) mass is 251 g/mol. The standard InChI is InChI=1S/C13H17NO4/c1-9(2)10-5-3-4-6-11(10)14(7-12(15)16)8-13(17)18/h3-6,9H,7-8H2,1-2H3,(H,15,16)(H,17,18). The topological polar surface area (TPSA) is 77.8 Å². The van der Waals surface area contributed by atoms with Crippen LogP contribution >= 0.6 is 0 Å². The highest BCUT2D eigenvalue weighted by molar-refractivity contribution is 5.80. The average Bonchev–Trinajstić information content (AvgIpc) is 2.26. The molecule has 0 amide bonds. The molecule has 1 aromatic rings. The Kier molecular flexibility index (Phi) is 4.71. The molecule has 0 atom stereocenters. The lowest BCUT2D eigenvalue weighted by atomic mass is 10.0. The van der Waals surface area contributed by atoms with Crippen molar-refractivity contribution in [3.05, 3.63) is 29.8 Å². The zero-order valence-corrected chi connectivity index (χ0v) is 10.5. The third-order valence-corrected chi connectivity index (χ3v) is 2.55. The van der Waals surface area contributed by atoms with Gasteiger partial charge in [0.25, 0.3) is 0 Å². The first-order valence-electron chi connectivity index (χ1n) is 5.69. The highest BCUT2D eigenvalue weighted by Crippen LogP contribution is 2.27. The Morgan fingerprint density at radius 2 is 1.61 bits per heavy atom. The van der Waals surface area contributed by atoms with E-state index in [2.05, 4.69) is 0 Å². The second-order valence-corrected chi connectivity index (χ2v) is 4.36. The molecular weight excluding hydrogens is 234 g/mol. The van der Waals surface area contributed by atoms with Gasteiger partial charge in [-0.25, -0.2) is 0 Å². The molecule has 0 saturated carbocycles. The lowest BCUT2D eigenvalue weighted by molar-refractivity contribution is -0.136. The summed E-state index contributed by atoms with van der Waals surface area (Å²) >= 11 is 0. The maximum absolute atomic E-state index is 10.8. The number of hydrogen-bond donors (Lipinski definition) is 2. The van der Waals surface area contributed by atoms with Crippen LogP contribution in [0.1, 0.15) is 25.3 Å². The van der Waals surface area contributed by atoms with Crippen LogP contribution < -0.4 is 4.90 Å². The molecule has 5 nitrogen and oxygen atoms in total. The van der Waals surface area contributed by atoms with E-state index in [-0.39, 0.29) is 19.0 Å². The summed E-state index contributed by atoms with van der Waals surface area (Å²) in [7, 11) is 0. The molecule has 1 aromatic carbocycles. The largest absolute Gasteiger partial charge is 0.480 e. The molecule has 18 heavy (non-hydrogen) atoms. The van der Waals surface area contributed by atoms with Gasteiger partial charge < -0.3 is 15.1 Å². The summed E-state index contributed by atoms with van der Waals surface area (Å²) in [5.74, 6) is -1.89. The smallest absolute Gasteiger partial charge is 0.323 e. The third-order valence-electron chi connectivity index (χ3n) is 2.55. The van der Waals surface area contributed by atoms with Crippen LogP contribution in [0, 0.1) is 0 Å². The number of nitrogens with zero attached hydrogens (tertiary/aromatic N) is 1. The molecule has 2 N–H and O–H groups in total. The number of carboxylic acid groups (broad SMARTS) is 2. The van der Waals surface area contributed by atoms with Gasteiger partial charge >= 0.3 is 11.9 Å². The van der Waals surface area contributed by atoms with Crippen molar-refractivity contribution in [2.45, 2.75) is 19.8 Å². The van der Waals surface area contributed by atoms with Gasteiger partial charge in [-0.05, 0) is 17.5 Å². The number of carbonyl (C=O) groups is 2. The lowest BCUT2D eigenvalue weighted by Gasteiger charge is -2.25. The molecule has 0 unspecified atom stereocenters. The second kappa shape index (κ2) is 6.05. The van der Waals surface area contributed by atoms with Crippen molar-refractivity contribution in [3.63, 3.8) is 0 Å². The number of rotatable bonds is 6. The van der Waals surface area contributed by atoms with Crippen LogP contribution in [0.15, 0.2) is 24.3 Å². The minimum Gasteiger partial charge on any atom is -0.480 e. The summed E-state index contributed by atoms with van der Waals surface area (Å²) in [4.78, 5) is 23.0. The molecule has 98 valence electrons. The van der Waals surface area contributed by atoms with Gasteiger partial charge in [0.05, 0.1) is 0 Å². The van der Waals surface area contributed by atoms with Gasteiger partial charge in [-0.1, -0.05) is 32.0 Å². The predicted molar refractivity (Wildman–Crippen MR) is 68.0 cm³/mol. The molecule has 0 spiro atoms. The van der Waals surface area contributed by atoms with Crippen molar-refractivity contribution in [3.8, 4) is 0 Å². The first-order chi connectivity index (χ1) is 8.41. The molecule has 0 aromatic heterocycles. The van der Waals surface area contributed by atoms with E-state index in [1.807, 2.05) is 26.0 Å². The first kappa shape index (κ1) is 14.0. The number of hydrogen-bond acceptors (Lipinski definition) is 3. The fraction of sp³-hybridized carbons (Fsp3) is 0.385. The maximum atomic E-state index is 10.8. The van der Waals surface area contributed by atoms with E-state index in [1.165, 1.54) is 4.90 Å². The molecular formula is C13H17NO4. The molecule has 0 aliphatic rings. The zero-order valence-electron chi connectivity index (χ0n) is 10.5. The maximum Gasteiger partial charge on any atom is 0.323 e. The summed E-state index contributed by atoms with van der Waals surface area (Å²) in [5, 5.41) is 17.7. The van der Waals surface area contributed by atoms with Gasteiger partial charge in [0.1, 0.15) is 13.1 Å². The molecule has 0 saturated heterocycles. The van der Waals surface area contributed by atoms with Crippen molar-refractivity contribution < 1.29 is 19.8 Å². The Hall–Kier alpha value is -2.04. The molecule has 0 radical (unpaired) electrons. The number of carboxylic acids is 2. The van der Waals surface area contributed by atoms with E-state index in [0.717, 1.165) is 5.56 Å². The van der Waals surface area contributed by atoms with Gasteiger partial charge in [0.2, 0.25) is 0 Å². The highest BCUT2D eigenvalue weighted by atomic mass is 16.4. The van der Waals surface area contributed by atoms with Crippen molar-refractivity contribution in [1.29, 1.82) is 0 Å². The van der Waals surface area contributed by atoms with Crippen LogP contribution in [0.4, 0.5) is 5.69 Å². The molecule has 5 heteroatoms. The van der Waals surface area contributed by atoms with Gasteiger partial charge in [-0.15, -0.1) is 0 Å². The van der Waals surface area contributed by atoms with Crippen LogP contribution in [0.3, 0.4) is 0 Å². The molecule has 0 aliphatic heterocycles. The van der Waals surface area contributed by atoms with Gasteiger partial charge in [0.15, 0.2) is 0 Å². The molecule has 0 aliphatic carbocycles. The Balaban J connectivity index is 3.11. The third kappa shape index (κ3) is 3.76. The number of anilines is 1. The Morgan fingerprint density at radius 1 is 1.11 bits per heavy atom. The van der Waals surface area contributed by atoms with Crippen LogP contribution in [0.5, 0.6) is 0 Å². The van der Waals surface area contributed by atoms with Crippen molar-refractivity contribution >= 4 is 17.6 Å². The Morgan fingerprint density at radius 3 is 2.06 bits per heavy atom. The van der Waals surface area contributed by atoms with E-state index >= 15 is 0 Å². The van der Waals surface area contributed by atoms with E-state index in [0.29, 0.717) is 5.69 Å². The average molecular weight is 251 g/mol. The van der Waals surface area contributed by atoms with Crippen molar-refractivity contribution in [2.75, 3.05) is 18.0 Å². The van der Waals surface area contributed by atoms with Gasteiger partial charge in [-0.3, -0.25) is 9.59 Å². The van der Waals surface area contributed by atoms with Crippen LogP contribution in [0.25, 0.3) is 0 Å². The fourth-order valence-corrected chi connectivity index (χ4v) is 1.82. The summed E-state index contributed by atoms with van der Waals surface area (Å²) in [5.41, 5.74) is 1.61. The lowest BCUT2D eigenvalue weighted by Crippen LogP contribution is -2.35. The molecule has 0 heterocycles. The van der Waals surface area contributed by atoms with Crippen molar-refractivity contribution in [2.24, 2.45) is 0 Å². The van der Waals surface area contributed by atoms with Gasteiger partial charge in [-0.2, -0.15) is 0 Å². The number of aliphatic carboxylic acids is 2. The van der Waals surface area contributed by atoms with E-state index in [1.54, 1.807) is 12.1 Å². The van der Waals surface area contributed by atoms with E-state index < -0.39 is 11.9 Å². The zero-order chi connectivity index (χ0) is 13.7. The van der Waals surface area contributed by atoms with Crippen LogP contribution in [-0.4, -0.2) is 35.2 Å². The molecule has 0 fully saturated rings. The highest BCUT2D eigenvalue weighted by Gasteiger charge is 2.18. The van der Waals surface area contributed by atoms with Crippen LogP contribution in [-0.2, 0) is 9.59 Å². The van der Waals surface area contributed by atoms with Gasteiger partial charge in [0, 0.05) is 5.69 Å².